The molecule has 0 saturated carbocycles. The molecule has 49 heavy (non-hydrogen) atoms. The van der Waals surface area contributed by atoms with Gasteiger partial charge in [-0.3, -0.25) is 34.3 Å². The van der Waals surface area contributed by atoms with E-state index in [-0.39, 0.29) is 198 Å². The number of nitrogens with one attached hydrogen (secondary N) is 1. The molecule has 0 radical (unpaired) electrons. The van der Waals surface area contributed by atoms with Crippen molar-refractivity contribution in [3.05, 3.63) is 54.5 Å². The first-order valence-corrected chi connectivity index (χ1v) is 13.5. The molecule has 0 fully saturated rings. The molecular formula is C21H23Cl2Cs2F5N8O10S. The maximum absolute atomic E-state index is 12.4. The summed E-state index contributed by atoms with van der Waals surface area (Å²) in [4.78, 5) is 31.5. The Morgan fingerprint density at radius 2 is 1.51 bits per heavy atom. The number of H-pyrrole nitrogens is 1. The van der Waals surface area contributed by atoms with Crippen molar-refractivity contribution >= 4 is 84.6 Å². The van der Waals surface area contributed by atoms with E-state index in [9.17, 15) is 50.6 Å². The van der Waals surface area contributed by atoms with E-state index in [4.69, 9.17) is 44.7 Å². The minimum absolute atomic E-state index is 0. The quantitative estimate of drug-likeness (QED) is 0.0351. The Kier molecular flexibility index (Phi) is 25.8. The van der Waals surface area contributed by atoms with Gasteiger partial charge in [0.15, 0.2) is 11.6 Å². The second-order valence-electron chi connectivity index (χ2n) is 7.69. The molecule has 2 heterocycles. The number of carbonyl (C=O) groups is 1. The summed E-state index contributed by atoms with van der Waals surface area (Å²) in [6.45, 7) is -0.319. The Labute approximate surface area is 401 Å². The van der Waals surface area contributed by atoms with E-state index in [1.165, 1.54) is 18.2 Å². The molecular weight excluding hydrogens is 988 g/mol. The summed E-state index contributed by atoms with van der Waals surface area (Å²) in [5.41, 5.74) is 5.44. The van der Waals surface area contributed by atoms with Crippen molar-refractivity contribution in [3.63, 3.8) is 0 Å². The molecule has 0 aliphatic carbocycles. The number of benzene rings is 2. The van der Waals surface area contributed by atoms with Crippen LogP contribution in [0.1, 0.15) is 15.8 Å². The number of fused-ring (bicyclic) bond motifs is 2. The van der Waals surface area contributed by atoms with Crippen LogP contribution in [0.2, 0.25) is 10.0 Å². The molecule has 0 unspecified atom stereocenters. The predicted molar refractivity (Wildman–Crippen MR) is 156 cm³/mol. The van der Waals surface area contributed by atoms with Crippen LogP contribution in [0.5, 0.6) is 0 Å². The number of nitrogen functional groups attached to an aromatic ring is 2. The zero-order chi connectivity index (χ0) is 35.6. The number of nitro groups is 2. The second kappa shape index (κ2) is 23.9. The van der Waals surface area contributed by atoms with Gasteiger partial charge in [-0.2, -0.15) is 31.8 Å². The number of hydrogen-bond donors (Lipinski definition) is 3. The third-order valence-electron chi connectivity index (χ3n) is 4.83. The van der Waals surface area contributed by atoms with E-state index < -0.39 is 45.1 Å². The summed E-state index contributed by atoms with van der Waals surface area (Å²) in [7, 11) is -5.35. The number of anilines is 2. The summed E-state index contributed by atoms with van der Waals surface area (Å²) in [5, 5.41) is 40.7. The third kappa shape index (κ3) is 15.1. The van der Waals surface area contributed by atoms with Crippen molar-refractivity contribution in [1.29, 1.82) is 0 Å². The molecule has 0 saturated heterocycles. The standard InChI is InChI=1S/C9H7ClF2N4O2.C7H5ClN4O2.C3H5F3O3S.CH2O3.CH4.2Cs.H/c10-4-1-2-5(16(17)18)8-7(4)9(13)14-15(8)3-6(11)12;8-3-1-2-4(12(13)14)6-5(3)7(9)11-10-6;1-2-9-10(7,8)3(4,5)6;2-1-4-3;;;;/h1-2,6H,3H2,(H2,13,14);1-2H,(H3,9,10,11);2H2,1H3;1,3H;1H4;;;/q;;;;;2*+1;-1/p-1. The van der Waals surface area contributed by atoms with Crippen molar-refractivity contribution < 1.29 is 199 Å². The fourth-order valence-corrected chi connectivity index (χ4v) is 4.12. The summed E-state index contributed by atoms with van der Waals surface area (Å²) < 4.78 is 82.8. The average molecular weight is 1010 g/mol. The molecule has 2 aromatic carbocycles. The Bertz CT molecular complexity index is 1830. The van der Waals surface area contributed by atoms with E-state index in [1.54, 1.807) is 0 Å². The van der Waals surface area contributed by atoms with E-state index in [0.717, 1.165) is 17.7 Å². The van der Waals surface area contributed by atoms with Gasteiger partial charge < -0.3 is 23.0 Å². The second-order valence-corrected chi connectivity index (χ2v) is 10.1. The van der Waals surface area contributed by atoms with E-state index >= 15 is 0 Å². The molecule has 0 atom stereocenters. The van der Waals surface area contributed by atoms with Gasteiger partial charge in [0.05, 0.1) is 37.3 Å². The first kappa shape index (κ1) is 52.8. The van der Waals surface area contributed by atoms with Crippen LogP contribution in [0.15, 0.2) is 24.3 Å². The summed E-state index contributed by atoms with van der Waals surface area (Å²) >= 11 is 11.7. The van der Waals surface area contributed by atoms with Gasteiger partial charge in [-0.25, -0.2) is 13.5 Å². The monoisotopic (exact) mass is 1010 g/mol. The van der Waals surface area contributed by atoms with E-state index in [2.05, 4.69) is 24.4 Å². The summed E-state index contributed by atoms with van der Waals surface area (Å²) in [6.07, 6.45) is -2.70. The maximum atomic E-state index is 12.4. The van der Waals surface area contributed by atoms with Crippen molar-refractivity contribution in [2.45, 2.75) is 32.8 Å². The molecule has 2 aromatic heterocycles. The number of nitro benzene ring substituents is 2. The number of nitrogens with zero attached hydrogens (tertiary/aromatic N) is 5. The molecule has 4 rings (SSSR count). The van der Waals surface area contributed by atoms with Gasteiger partial charge in [0.25, 0.3) is 24.3 Å². The van der Waals surface area contributed by atoms with Crippen LogP contribution < -0.4 is 155 Å². The Hall–Kier alpha value is -0.546. The third-order valence-corrected chi connectivity index (χ3v) is 6.57. The minimum Gasteiger partial charge on any atom is -1.00 e. The first-order chi connectivity index (χ1) is 21.2. The molecule has 18 nitrogen and oxygen atoms in total. The van der Waals surface area contributed by atoms with Gasteiger partial charge in [0, 0.05) is 12.1 Å². The average Bonchev–Trinajstić information content (AvgIpc) is 3.49. The van der Waals surface area contributed by atoms with Gasteiger partial charge in [-0.15, -0.1) is 0 Å². The number of halogens is 7. The number of non-ortho nitro benzene ring substituents is 2. The SMILES string of the molecule is C.CCOS(=O)(=O)C(F)(F)F.Nc1n[nH]c2c([N+](=O)[O-])ccc(Cl)c12.Nc1nn(CC(F)F)c2c([N+](=O)[O-])ccc(Cl)c12.O=CO[O-].[Cs+].[Cs+].[H-]. The largest absolute Gasteiger partial charge is 1.00 e. The van der Waals surface area contributed by atoms with Crippen LogP contribution in [0, 0.1) is 20.2 Å². The molecule has 264 valence electrons. The summed E-state index contributed by atoms with van der Waals surface area (Å²) in [6, 6.07) is 5.15. The van der Waals surface area contributed by atoms with Crippen LogP contribution >= 0.6 is 23.2 Å². The minimum atomic E-state index is -5.35. The number of hydrogen-bond acceptors (Lipinski definition) is 14. The van der Waals surface area contributed by atoms with Gasteiger partial charge in [-0.05, 0) is 19.1 Å². The molecule has 0 amide bonds. The normalized spacial score (nSPS) is 10.4. The van der Waals surface area contributed by atoms with Crippen LogP contribution in [-0.2, 0) is 30.5 Å². The molecule has 0 aliphatic rings. The van der Waals surface area contributed by atoms with E-state index in [0.29, 0.717) is 10.4 Å². The fourth-order valence-electron chi connectivity index (χ4n) is 3.18. The van der Waals surface area contributed by atoms with E-state index in [1.807, 2.05) is 0 Å². The summed E-state index contributed by atoms with van der Waals surface area (Å²) in [5.74, 6) is 0.0491. The molecule has 4 aromatic rings. The van der Waals surface area contributed by atoms with Crippen LogP contribution in [0.25, 0.3) is 21.8 Å². The van der Waals surface area contributed by atoms with Gasteiger partial charge in [0.1, 0.15) is 17.6 Å². The first-order valence-electron chi connectivity index (χ1n) is 11.4. The molecule has 0 spiro atoms. The zero-order valence-corrected chi connectivity index (χ0v) is 39.3. The maximum Gasteiger partial charge on any atom is 1.00 e. The molecule has 28 heteroatoms. The van der Waals surface area contributed by atoms with Crippen molar-refractivity contribution in [3.8, 4) is 0 Å². The number of nitrogens with two attached hydrogens (primary N) is 2. The Morgan fingerprint density at radius 3 is 1.90 bits per heavy atom. The van der Waals surface area contributed by atoms with Gasteiger partial charge in [-0.1, -0.05) is 30.6 Å². The van der Waals surface area contributed by atoms with Crippen LogP contribution in [0.3, 0.4) is 0 Å². The van der Waals surface area contributed by atoms with Crippen molar-refractivity contribution in [2.24, 2.45) is 0 Å². The van der Waals surface area contributed by atoms with Crippen molar-refractivity contribution in [2.75, 3.05) is 18.1 Å². The molecule has 0 aliphatic heterocycles. The number of alkyl halides is 5. The van der Waals surface area contributed by atoms with Gasteiger partial charge in [0.2, 0.25) is 0 Å². The smallest absolute Gasteiger partial charge is 1.00 e. The number of aromatic nitrogens is 4. The fraction of sp³-hybridized carbons (Fsp3) is 0.286. The van der Waals surface area contributed by atoms with Crippen LogP contribution in [0.4, 0.5) is 45.0 Å². The molecule has 5 N–H and O–H groups in total. The van der Waals surface area contributed by atoms with Gasteiger partial charge >= 0.3 is 153 Å². The Balaban J connectivity index is -0.000000299. The number of aromatic amines is 1. The number of rotatable bonds is 7. The van der Waals surface area contributed by atoms with Crippen LogP contribution in [-0.4, -0.2) is 63.3 Å². The van der Waals surface area contributed by atoms with Crippen molar-refractivity contribution in [1.82, 2.24) is 20.0 Å². The topological polar surface area (TPSA) is 278 Å². The predicted octanol–water partition coefficient (Wildman–Crippen LogP) is -1.78. The Morgan fingerprint density at radius 1 is 1.04 bits per heavy atom. The zero-order valence-electron chi connectivity index (χ0n) is 25.4. The number of carbonyl (C=O) groups excluding carboxylic acids is 1. The molecule has 0 bridgehead atoms.